The van der Waals surface area contributed by atoms with Crippen molar-refractivity contribution in [2.24, 2.45) is 4.99 Å². The van der Waals surface area contributed by atoms with Crippen LogP contribution in [-0.2, 0) is 9.53 Å². The standard InChI is InChI=1S/C16H22N2O5/c1-16(2,3)23-15(22)17-9-8-13(20)14(21)11-4-6-12(7-5-11)18-10-19/h4-7,13-14,20-21H,8-9H2,1-3H3,(H,17,22). The molecule has 0 saturated carbocycles. The van der Waals surface area contributed by atoms with Crippen LogP contribution in [0.4, 0.5) is 10.5 Å². The van der Waals surface area contributed by atoms with Crippen molar-refractivity contribution >= 4 is 17.9 Å². The van der Waals surface area contributed by atoms with Crippen LogP contribution in [0.15, 0.2) is 29.3 Å². The summed E-state index contributed by atoms with van der Waals surface area (Å²) in [5.41, 5.74) is 0.310. The number of carbonyl (C=O) groups is 1. The van der Waals surface area contributed by atoms with Gasteiger partial charge in [-0.05, 0) is 44.9 Å². The first-order valence-corrected chi connectivity index (χ1v) is 7.24. The van der Waals surface area contributed by atoms with Gasteiger partial charge < -0.3 is 20.3 Å². The Labute approximate surface area is 135 Å². The number of aliphatic imine (C=N–C) groups is 1. The van der Waals surface area contributed by atoms with E-state index in [4.69, 9.17) is 4.74 Å². The lowest BCUT2D eigenvalue weighted by molar-refractivity contribution is 0.0123. The third-order valence-electron chi connectivity index (χ3n) is 2.88. The minimum absolute atomic E-state index is 0.161. The van der Waals surface area contributed by atoms with E-state index in [1.165, 1.54) is 18.2 Å². The van der Waals surface area contributed by atoms with E-state index in [2.05, 4.69) is 10.3 Å². The van der Waals surface area contributed by atoms with Crippen molar-refractivity contribution < 1.29 is 24.5 Å². The number of alkyl carbamates (subject to hydrolysis) is 1. The van der Waals surface area contributed by atoms with E-state index in [1.54, 1.807) is 32.9 Å². The molecule has 7 nitrogen and oxygen atoms in total. The van der Waals surface area contributed by atoms with E-state index >= 15 is 0 Å². The number of ether oxygens (including phenoxy) is 1. The Hall–Kier alpha value is -2.21. The number of hydrogen-bond donors (Lipinski definition) is 3. The zero-order valence-corrected chi connectivity index (χ0v) is 13.4. The molecule has 0 spiro atoms. The monoisotopic (exact) mass is 322 g/mol. The fourth-order valence-electron chi connectivity index (χ4n) is 1.82. The van der Waals surface area contributed by atoms with Crippen molar-refractivity contribution in [2.45, 2.75) is 45.0 Å². The first kappa shape index (κ1) is 18.8. The molecule has 7 heteroatoms. The number of nitrogens with zero attached hydrogens (tertiary/aromatic N) is 1. The molecule has 1 aromatic rings. The van der Waals surface area contributed by atoms with Crippen molar-refractivity contribution in [3.63, 3.8) is 0 Å². The summed E-state index contributed by atoms with van der Waals surface area (Å²) in [5.74, 6) is 0. The number of rotatable bonds is 6. The lowest BCUT2D eigenvalue weighted by Gasteiger charge is -2.21. The Morgan fingerprint density at radius 3 is 2.43 bits per heavy atom. The van der Waals surface area contributed by atoms with Crippen molar-refractivity contribution in [1.82, 2.24) is 5.32 Å². The van der Waals surface area contributed by atoms with E-state index in [9.17, 15) is 19.8 Å². The molecule has 23 heavy (non-hydrogen) atoms. The fraction of sp³-hybridized carbons (Fsp3) is 0.500. The summed E-state index contributed by atoms with van der Waals surface area (Å²) in [7, 11) is 0. The molecule has 0 radical (unpaired) electrons. The maximum atomic E-state index is 11.5. The molecule has 0 aliphatic heterocycles. The van der Waals surface area contributed by atoms with Crippen LogP contribution in [0.1, 0.15) is 38.9 Å². The van der Waals surface area contributed by atoms with E-state index in [0.29, 0.717) is 11.3 Å². The molecular weight excluding hydrogens is 300 g/mol. The molecule has 3 N–H and O–H groups in total. The number of carbonyl (C=O) groups excluding carboxylic acids is 2. The maximum Gasteiger partial charge on any atom is 0.407 e. The van der Waals surface area contributed by atoms with Gasteiger partial charge >= 0.3 is 6.09 Å². The van der Waals surface area contributed by atoms with E-state index < -0.39 is 23.9 Å². The molecule has 0 heterocycles. The summed E-state index contributed by atoms with van der Waals surface area (Å²) in [6.07, 6.45) is -1.15. The van der Waals surface area contributed by atoms with E-state index in [-0.39, 0.29) is 13.0 Å². The summed E-state index contributed by atoms with van der Waals surface area (Å²) in [6.45, 7) is 5.43. The van der Waals surface area contributed by atoms with Crippen LogP contribution in [0.2, 0.25) is 0 Å². The normalized spacial score (nSPS) is 13.6. The van der Waals surface area contributed by atoms with Crippen LogP contribution in [0.25, 0.3) is 0 Å². The molecule has 1 amide bonds. The van der Waals surface area contributed by atoms with Gasteiger partial charge in [0, 0.05) is 6.54 Å². The second-order valence-corrected chi connectivity index (χ2v) is 6.02. The van der Waals surface area contributed by atoms with Gasteiger partial charge in [0.2, 0.25) is 6.08 Å². The minimum Gasteiger partial charge on any atom is -0.444 e. The summed E-state index contributed by atoms with van der Waals surface area (Å²) in [6, 6.07) is 6.20. The Kier molecular flexibility index (Phi) is 6.90. The number of isocyanates is 1. The highest BCUT2D eigenvalue weighted by Crippen LogP contribution is 2.21. The Morgan fingerprint density at radius 2 is 1.91 bits per heavy atom. The Morgan fingerprint density at radius 1 is 1.30 bits per heavy atom. The first-order chi connectivity index (χ1) is 10.7. The largest absolute Gasteiger partial charge is 0.444 e. The van der Waals surface area contributed by atoms with Gasteiger partial charge in [0.1, 0.15) is 11.7 Å². The number of hydrogen-bond acceptors (Lipinski definition) is 6. The smallest absolute Gasteiger partial charge is 0.407 e. The first-order valence-electron chi connectivity index (χ1n) is 7.24. The lowest BCUT2D eigenvalue weighted by atomic mass is 10.0. The van der Waals surface area contributed by atoms with Gasteiger partial charge in [0.25, 0.3) is 0 Å². The van der Waals surface area contributed by atoms with Crippen LogP contribution in [-0.4, -0.2) is 40.6 Å². The average molecular weight is 322 g/mol. The van der Waals surface area contributed by atoms with Crippen molar-refractivity contribution in [3.05, 3.63) is 29.8 Å². The van der Waals surface area contributed by atoms with Crippen molar-refractivity contribution in [2.75, 3.05) is 6.54 Å². The number of aliphatic hydroxyl groups excluding tert-OH is 2. The van der Waals surface area contributed by atoms with Gasteiger partial charge in [-0.2, -0.15) is 4.99 Å². The van der Waals surface area contributed by atoms with Gasteiger partial charge in [-0.1, -0.05) is 12.1 Å². The van der Waals surface area contributed by atoms with Gasteiger partial charge in [0.05, 0.1) is 11.8 Å². The van der Waals surface area contributed by atoms with Crippen LogP contribution in [0.5, 0.6) is 0 Å². The Bertz CT molecular complexity index is 559. The van der Waals surface area contributed by atoms with Crippen LogP contribution in [0, 0.1) is 0 Å². The molecule has 0 saturated heterocycles. The summed E-state index contributed by atoms with van der Waals surface area (Å²) in [5, 5.41) is 22.5. The highest BCUT2D eigenvalue weighted by atomic mass is 16.6. The number of aliphatic hydroxyl groups is 2. The molecule has 0 bridgehead atoms. The predicted molar refractivity (Wildman–Crippen MR) is 84.0 cm³/mol. The molecule has 0 aromatic heterocycles. The van der Waals surface area contributed by atoms with Gasteiger partial charge in [-0.15, -0.1) is 0 Å². The van der Waals surface area contributed by atoms with E-state index in [1.807, 2.05) is 0 Å². The molecule has 1 aromatic carbocycles. The zero-order valence-electron chi connectivity index (χ0n) is 13.4. The average Bonchev–Trinajstić information content (AvgIpc) is 2.45. The number of amides is 1. The zero-order chi connectivity index (χ0) is 17.5. The van der Waals surface area contributed by atoms with Gasteiger partial charge in [-0.3, -0.25) is 0 Å². The molecule has 0 aliphatic rings. The predicted octanol–water partition coefficient (Wildman–Crippen LogP) is 1.96. The summed E-state index contributed by atoms with van der Waals surface area (Å²) in [4.78, 5) is 25.0. The fourth-order valence-corrected chi connectivity index (χ4v) is 1.82. The second kappa shape index (κ2) is 8.43. The molecule has 0 fully saturated rings. The SMILES string of the molecule is CC(C)(C)OC(=O)NCCC(O)C(O)c1ccc(N=C=O)cc1. The third kappa shape index (κ3) is 7.06. The lowest BCUT2D eigenvalue weighted by Crippen LogP contribution is -2.34. The maximum absolute atomic E-state index is 11.5. The van der Waals surface area contributed by atoms with Gasteiger partial charge in [0.15, 0.2) is 0 Å². The van der Waals surface area contributed by atoms with Crippen LogP contribution in [0.3, 0.4) is 0 Å². The quantitative estimate of drug-likeness (QED) is 0.548. The van der Waals surface area contributed by atoms with Crippen molar-refractivity contribution in [1.29, 1.82) is 0 Å². The van der Waals surface area contributed by atoms with Crippen LogP contribution < -0.4 is 5.32 Å². The summed E-state index contributed by atoms with van der Waals surface area (Å²) < 4.78 is 5.06. The summed E-state index contributed by atoms with van der Waals surface area (Å²) >= 11 is 0. The number of benzene rings is 1. The molecule has 0 aliphatic carbocycles. The molecule has 2 unspecified atom stereocenters. The molecular formula is C16H22N2O5. The molecule has 1 rings (SSSR count). The number of nitrogens with one attached hydrogen (secondary N) is 1. The highest BCUT2D eigenvalue weighted by Gasteiger charge is 2.20. The third-order valence-corrected chi connectivity index (χ3v) is 2.88. The topological polar surface area (TPSA) is 108 Å². The highest BCUT2D eigenvalue weighted by molar-refractivity contribution is 5.67. The second-order valence-electron chi connectivity index (χ2n) is 6.02. The Balaban J connectivity index is 2.46. The van der Waals surface area contributed by atoms with Crippen molar-refractivity contribution in [3.8, 4) is 0 Å². The van der Waals surface area contributed by atoms with Crippen LogP contribution >= 0.6 is 0 Å². The van der Waals surface area contributed by atoms with Gasteiger partial charge in [-0.25, -0.2) is 9.59 Å². The van der Waals surface area contributed by atoms with E-state index in [0.717, 1.165) is 0 Å². The minimum atomic E-state index is -1.11. The molecule has 2 atom stereocenters. The molecule has 126 valence electrons.